The van der Waals surface area contributed by atoms with Crippen molar-refractivity contribution in [2.45, 2.75) is 51.0 Å². The van der Waals surface area contributed by atoms with Gasteiger partial charge in [-0.1, -0.05) is 31.0 Å². The third-order valence-electron chi connectivity index (χ3n) is 4.70. The standard InChI is InChI=1S/C19H31N3O3S/c1-4-6-17(3)20-19(23)15-21-11-5-12-22(14-13-21)26(24,25)18-9-7-16(2)8-10-18/h7-10,17H,4-6,11-15H2,1-3H3,(H,20,23). The number of benzene rings is 1. The summed E-state index contributed by atoms with van der Waals surface area (Å²) in [6, 6.07) is 7.14. The SMILES string of the molecule is CCCC(C)NC(=O)CN1CCCN(S(=O)(=O)c2ccc(C)cc2)CC1. The number of nitrogens with one attached hydrogen (secondary N) is 1. The first-order valence-electron chi connectivity index (χ1n) is 9.41. The number of amides is 1. The number of carbonyl (C=O) groups is 1. The molecule has 6 nitrogen and oxygen atoms in total. The van der Waals surface area contributed by atoms with Crippen molar-refractivity contribution < 1.29 is 13.2 Å². The molecule has 0 bridgehead atoms. The van der Waals surface area contributed by atoms with Gasteiger partial charge in [0.15, 0.2) is 0 Å². The fourth-order valence-corrected chi connectivity index (χ4v) is 4.70. The molecular weight excluding hydrogens is 350 g/mol. The molecule has 0 saturated carbocycles. The summed E-state index contributed by atoms with van der Waals surface area (Å²) in [7, 11) is -3.47. The maximum Gasteiger partial charge on any atom is 0.243 e. The second-order valence-electron chi connectivity index (χ2n) is 7.10. The van der Waals surface area contributed by atoms with Crippen LogP contribution < -0.4 is 5.32 Å². The minimum atomic E-state index is -3.47. The fourth-order valence-electron chi connectivity index (χ4n) is 3.23. The number of hydrogen-bond donors (Lipinski definition) is 1. The van der Waals surface area contributed by atoms with Crippen LogP contribution in [0.15, 0.2) is 29.2 Å². The summed E-state index contributed by atoms with van der Waals surface area (Å²) in [6.07, 6.45) is 2.73. The zero-order valence-electron chi connectivity index (χ0n) is 16.1. The molecule has 1 aromatic carbocycles. The summed E-state index contributed by atoms with van der Waals surface area (Å²) in [5, 5.41) is 3.01. The van der Waals surface area contributed by atoms with Crippen molar-refractivity contribution in [1.82, 2.24) is 14.5 Å². The molecule has 1 heterocycles. The summed E-state index contributed by atoms with van der Waals surface area (Å²) >= 11 is 0. The number of carbonyl (C=O) groups excluding carboxylic acids is 1. The Labute approximate surface area is 157 Å². The minimum Gasteiger partial charge on any atom is -0.353 e. The molecular formula is C19H31N3O3S. The molecule has 0 radical (unpaired) electrons. The fraction of sp³-hybridized carbons (Fsp3) is 0.632. The molecule has 1 N–H and O–H groups in total. The van der Waals surface area contributed by atoms with Crippen LogP contribution in [0.3, 0.4) is 0 Å². The van der Waals surface area contributed by atoms with Crippen LogP contribution in [0.1, 0.15) is 38.7 Å². The highest BCUT2D eigenvalue weighted by atomic mass is 32.2. The molecule has 1 saturated heterocycles. The molecule has 2 rings (SSSR count). The van der Waals surface area contributed by atoms with Gasteiger partial charge in [-0.15, -0.1) is 0 Å². The van der Waals surface area contributed by atoms with Gasteiger partial charge in [0.05, 0.1) is 11.4 Å². The van der Waals surface area contributed by atoms with E-state index < -0.39 is 10.0 Å². The zero-order valence-corrected chi connectivity index (χ0v) is 16.9. The van der Waals surface area contributed by atoms with Gasteiger partial charge in [0, 0.05) is 25.7 Å². The van der Waals surface area contributed by atoms with Gasteiger partial charge in [0.1, 0.15) is 0 Å². The van der Waals surface area contributed by atoms with Crippen molar-refractivity contribution in [3.8, 4) is 0 Å². The number of aryl methyl sites for hydroxylation is 1. The van der Waals surface area contributed by atoms with Gasteiger partial charge in [0.2, 0.25) is 15.9 Å². The number of rotatable bonds is 7. The second kappa shape index (κ2) is 9.48. The molecule has 1 aromatic rings. The Bertz CT molecular complexity index is 688. The highest BCUT2D eigenvalue weighted by molar-refractivity contribution is 7.89. The van der Waals surface area contributed by atoms with Gasteiger partial charge in [-0.05, 0) is 45.4 Å². The predicted molar refractivity (Wildman–Crippen MR) is 104 cm³/mol. The topological polar surface area (TPSA) is 69.7 Å². The summed E-state index contributed by atoms with van der Waals surface area (Å²) in [6.45, 7) is 8.57. The molecule has 1 atom stereocenters. The Morgan fingerprint density at radius 1 is 1.15 bits per heavy atom. The summed E-state index contributed by atoms with van der Waals surface area (Å²) in [5.41, 5.74) is 1.04. The summed E-state index contributed by atoms with van der Waals surface area (Å²) in [4.78, 5) is 14.5. The average Bonchev–Trinajstić information content (AvgIpc) is 2.81. The maximum atomic E-state index is 12.8. The molecule has 1 amide bonds. The molecule has 1 unspecified atom stereocenters. The molecule has 0 spiro atoms. The Morgan fingerprint density at radius 2 is 1.85 bits per heavy atom. The van der Waals surface area contributed by atoms with Crippen molar-refractivity contribution in [1.29, 1.82) is 0 Å². The first-order chi connectivity index (χ1) is 12.3. The first-order valence-corrected chi connectivity index (χ1v) is 10.9. The Balaban J connectivity index is 1.93. The number of hydrogen-bond acceptors (Lipinski definition) is 4. The Hall–Kier alpha value is -1.44. The van der Waals surface area contributed by atoms with Gasteiger partial charge in [-0.25, -0.2) is 8.42 Å². The maximum absolute atomic E-state index is 12.8. The number of nitrogens with zero attached hydrogens (tertiary/aromatic N) is 2. The molecule has 0 aromatic heterocycles. The zero-order chi connectivity index (χ0) is 19.2. The molecule has 146 valence electrons. The molecule has 26 heavy (non-hydrogen) atoms. The second-order valence-corrected chi connectivity index (χ2v) is 9.04. The van der Waals surface area contributed by atoms with E-state index in [9.17, 15) is 13.2 Å². The lowest BCUT2D eigenvalue weighted by Crippen LogP contribution is -2.42. The summed E-state index contributed by atoms with van der Waals surface area (Å²) < 4.78 is 27.2. The van der Waals surface area contributed by atoms with E-state index in [2.05, 4.69) is 12.2 Å². The van der Waals surface area contributed by atoms with Crippen LogP contribution in [0.4, 0.5) is 0 Å². The molecule has 7 heteroatoms. The third-order valence-corrected chi connectivity index (χ3v) is 6.62. The van der Waals surface area contributed by atoms with Crippen molar-refractivity contribution >= 4 is 15.9 Å². The van der Waals surface area contributed by atoms with Gasteiger partial charge in [-0.3, -0.25) is 9.69 Å². The Morgan fingerprint density at radius 3 is 2.50 bits per heavy atom. The first kappa shape index (κ1) is 20.9. The Kier molecular flexibility index (Phi) is 7.61. The smallest absolute Gasteiger partial charge is 0.243 e. The third kappa shape index (κ3) is 5.79. The number of sulfonamides is 1. The molecule has 1 aliphatic heterocycles. The van der Waals surface area contributed by atoms with E-state index in [1.165, 1.54) is 4.31 Å². The van der Waals surface area contributed by atoms with E-state index in [4.69, 9.17) is 0 Å². The van der Waals surface area contributed by atoms with Gasteiger partial charge in [-0.2, -0.15) is 4.31 Å². The lowest BCUT2D eigenvalue weighted by molar-refractivity contribution is -0.122. The van der Waals surface area contributed by atoms with E-state index in [0.717, 1.165) is 31.4 Å². The predicted octanol–water partition coefficient (Wildman–Crippen LogP) is 2.00. The van der Waals surface area contributed by atoms with Crippen LogP contribution in [0, 0.1) is 6.92 Å². The van der Waals surface area contributed by atoms with E-state index in [0.29, 0.717) is 31.1 Å². The lowest BCUT2D eigenvalue weighted by atomic mass is 10.2. The molecule has 1 fully saturated rings. The van der Waals surface area contributed by atoms with Crippen molar-refractivity contribution in [3.63, 3.8) is 0 Å². The minimum absolute atomic E-state index is 0.0146. The van der Waals surface area contributed by atoms with Crippen LogP contribution >= 0.6 is 0 Å². The largest absolute Gasteiger partial charge is 0.353 e. The van der Waals surface area contributed by atoms with Crippen molar-refractivity contribution in [3.05, 3.63) is 29.8 Å². The monoisotopic (exact) mass is 381 g/mol. The van der Waals surface area contributed by atoms with E-state index in [1.54, 1.807) is 12.1 Å². The van der Waals surface area contributed by atoms with Gasteiger partial charge >= 0.3 is 0 Å². The normalized spacial score (nSPS) is 18.3. The van der Waals surface area contributed by atoms with E-state index >= 15 is 0 Å². The molecule has 0 aliphatic carbocycles. The average molecular weight is 382 g/mol. The van der Waals surface area contributed by atoms with Crippen LogP contribution in [-0.2, 0) is 14.8 Å². The lowest BCUT2D eigenvalue weighted by Gasteiger charge is -2.22. The van der Waals surface area contributed by atoms with Crippen LogP contribution in [0.25, 0.3) is 0 Å². The van der Waals surface area contributed by atoms with E-state index in [1.807, 2.05) is 30.9 Å². The van der Waals surface area contributed by atoms with Gasteiger partial charge < -0.3 is 5.32 Å². The summed E-state index contributed by atoms with van der Waals surface area (Å²) in [5.74, 6) is 0.0146. The van der Waals surface area contributed by atoms with Crippen LogP contribution in [0.2, 0.25) is 0 Å². The van der Waals surface area contributed by atoms with Crippen molar-refractivity contribution in [2.24, 2.45) is 0 Å². The van der Waals surface area contributed by atoms with Crippen LogP contribution in [-0.4, -0.2) is 62.3 Å². The highest BCUT2D eigenvalue weighted by Crippen LogP contribution is 2.18. The van der Waals surface area contributed by atoms with Gasteiger partial charge in [0.25, 0.3) is 0 Å². The van der Waals surface area contributed by atoms with Crippen molar-refractivity contribution in [2.75, 3.05) is 32.7 Å². The highest BCUT2D eigenvalue weighted by Gasteiger charge is 2.27. The van der Waals surface area contributed by atoms with E-state index in [-0.39, 0.29) is 11.9 Å². The van der Waals surface area contributed by atoms with Crippen LogP contribution in [0.5, 0.6) is 0 Å². The molecule has 1 aliphatic rings. The quantitative estimate of drug-likeness (QED) is 0.784.